The van der Waals surface area contributed by atoms with Crippen LogP contribution in [0, 0.1) is 23.2 Å². The average molecular weight is 407 g/mol. The van der Waals surface area contributed by atoms with Gasteiger partial charge in [-0.05, 0) is 31.2 Å². The zero-order chi connectivity index (χ0) is 21.8. The summed E-state index contributed by atoms with van der Waals surface area (Å²) in [5.41, 5.74) is 4.25. The fraction of sp³-hybridized carbons (Fsp3) is 0.0870. The van der Waals surface area contributed by atoms with Gasteiger partial charge in [0.2, 0.25) is 5.91 Å². The summed E-state index contributed by atoms with van der Waals surface area (Å²) in [6.45, 7) is 6.20. The first-order valence-corrected chi connectivity index (χ1v) is 9.47. The van der Waals surface area contributed by atoms with Gasteiger partial charge < -0.3 is 5.32 Å². The highest BCUT2D eigenvalue weighted by atomic mass is 16.1. The minimum atomic E-state index is -0.332. The topological polar surface area (TPSA) is 101 Å². The van der Waals surface area contributed by atoms with Crippen molar-refractivity contribution >= 4 is 17.2 Å². The largest absolute Gasteiger partial charge is 0.307 e. The standard InChI is InChI=1S/C23H17N7O/c1-3-22(31)28-21-8-6-16(11-25-21)5-7-17-9-18(20-13-26-29(4-2)14-20)15-30-23(17)19(10-24)12-27-30/h3,6,8-9,11-15H,1,4H2,2H3,(H,25,28,31). The minimum Gasteiger partial charge on any atom is -0.307 e. The van der Waals surface area contributed by atoms with Crippen molar-refractivity contribution in [1.29, 1.82) is 5.26 Å². The van der Waals surface area contributed by atoms with Crippen LogP contribution in [0.1, 0.15) is 23.6 Å². The number of anilines is 1. The molecule has 8 heteroatoms. The monoisotopic (exact) mass is 407 g/mol. The fourth-order valence-electron chi connectivity index (χ4n) is 3.00. The number of hydrogen-bond donors (Lipinski definition) is 1. The van der Waals surface area contributed by atoms with Crippen LogP contribution in [0.4, 0.5) is 5.82 Å². The number of rotatable bonds is 4. The van der Waals surface area contributed by atoms with Gasteiger partial charge >= 0.3 is 0 Å². The number of amides is 1. The van der Waals surface area contributed by atoms with E-state index in [9.17, 15) is 10.1 Å². The molecule has 0 aliphatic rings. The van der Waals surface area contributed by atoms with E-state index in [1.807, 2.05) is 30.1 Å². The van der Waals surface area contributed by atoms with E-state index in [2.05, 4.69) is 45.0 Å². The van der Waals surface area contributed by atoms with Crippen molar-refractivity contribution in [2.45, 2.75) is 13.5 Å². The molecule has 0 saturated carbocycles. The summed E-state index contributed by atoms with van der Waals surface area (Å²) in [6.07, 6.45) is 9.87. The number of carbonyl (C=O) groups is 1. The molecule has 0 unspecified atom stereocenters. The SMILES string of the molecule is C=CC(=O)Nc1ccc(C#Cc2cc(-c3cnn(CC)c3)cn3ncc(C#N)c23)cn1. The highest BCUT2D eigenvalue weighted by Crippen LogP contribution is 2.24. The zero-order valence-electron chi connectivity index (χ0n) is 16.7. The highest BCUT2D eigenvalue weighted by molar-refractivity contribution is 5.98. The van der Waals surface area contributed by atoms with E-state index in [1.54, 1.807) is 29.0 Å². The maximum atomic E-state index is 11.4. The molecule has 0 atom stereocenters. The fourth-order valence-corrected chi connectivity index (χ4v) is 3.00. The molecule has 0 radical (unpaired) electrons. The highest BCUT2D eigenvalue weighted by Gasteiger charge is 2.12. The van der Waals surface area contributed by atoms with Gasteiger partial charge in [-0.1, -0.05) is 18.4 Å². The van der Waals surface area contributed by atoms with Crippen LogP contribution < -0.4 is 5.32 Å². The molecule has 1 N–H and O–H groups in total. The molecule has 150 valence electrons. The summed E-state index contributed by atoms with van der Waals surface area (Å²) in [4.78, 5) is 15.5. The number of nitrogens with zero attached hydrogens (tertiary/aromatic N) is 6. The van der Waals surface area contributed by atoms with Gasteiger partial charge in [0.15, 0.2) is 0 Å². The Kier molecular flexibility index (Phi) is 5.29. The van der Waals surface area contributed by atoms with Gasteiger partial charge in [-0.3, -0.25) is 9.48 Å². The summed E-state index contributed by atoms with van der Waals surface area (Å²) >= 11 is 0. The predicted molar refractivity (Wildman–Crippen MR) is 116 cm³/mol. The molecule has 0 fully saturated rings. The Morgan fingerprint density at radius 3 is 2.71 bits per heavy atom. The molecule has 0 saturated heterocycles. The predicted octanol–water partition coefficient (Wildman–Crippen LogP) is 3.01. The van der Waals surface area contributed by atoms with E-state index in [-0.39, 0.29) is 5.91 Å². The minimum absolute atomic E-state index is 0.332. The van der Waals surface area contributed by atoms with Crippen LogP contribution in [0.3, 0.4) is 0 Å². The van der Waals surface area contributed by atoms with E-state index in [4.69, 9.17) is 0 Å². The summed E-state index contributed by atoms with van der Waals surface area (Å²) in [5, 5.41) is 20.7. The Labute approximate surface area is 178 Å². The lowest BCUT2D eigenvalue weighted by Gasteiger charge is -2.03. The number of hydrogen-bond acceptors (Lipinski definition) is 5. The lowest BCUT2D eigenvalue weighted by Crippen LogP contribution is -2.08. The molecule has 31 heavy (non-hydrogen) atoms. The number of carbonyl (C=O) groups excluding carboxylic acids is 1. The van der Waals surface area contributed by atoms with Crippen LogP contribution in [0.25, 0.3) is 16.6 Å². The lowest BCUT2D eigenvalue weighted by atomic mass is 10.1. The second-order valence-electron chi connectivity index (χ2n) is 6.57. The molecule has 0 bridgehead atoms. The van der Waals surface area contributed by atoms with Crippen LogP contribution in [-0.2, 0) is 11.3 Å². The summed E-state index contributed by atoms with van der Waals surface area (Å²) in [5.74, 6) is 6.28. The smallest absolute Gasteiger partial charge is 0.248 e. The second kappa shape index (κ2) is 8.36. The third-order valence-electron chi connectivity index (χ3n) is 4.56. The summed E-state index contributed by atoms with van der Waals surface area (Å²) in [7, 11) is 0. The van der Waals surface area contributed by atoms with Crippen molar-refractivity contribution in [3.63, 3.8) is 0 Å². The van der Waals surface area contributed by atoms with E-state index < -0.39 is 0 Å². The molecule has 1 amide bonds. The van der Waals surface area contributed by atoms with E-state index in [0.717, 1.165) is 17.7 Å². The average Bonchev–Trinajstić information content (AvgIpc) is 3.45. The maximum Gasteiger partial charge on any atom is 0.248 e. The molecule has 4 heterocycles. The van der Waals surface area contributed by atoms with Crippen LogP contribution in [0.2, 0.25) is 0 Å². The third kappa shape index (κ3) is 4.04. The first kappa shape index (κ1) is 19.6. The summed E-state index contributed by atoms with van der Waals surface area (Å²) < 4.78 is 3.50. The Morgan fingerprint density at radius 1 is 1.16 bits per heavy atom. The molecule has 0 aliphatic heterocycles. The van der Waals surface area contributed by atoms with Crippen LogP contribution in [0.15, 0.2) is 61.8 Å². The number of fused-ring (bicyclic) bond motifs is 1. The number of nitrogens with one attached hydrogen (secondary N) is 1. The van der Waals surface area contributed by atoms with Crippen molar-refractivity contribution in [1.82, 2.24) is 24.4 Å². The Hall–Kier alpha value is -4.69. The van der Waals surface area contributed by atoms with Crippen LogP contribution in [0.5, 0.6) is 0 Å². The van der Waals surface area contributed by atoms with Crippen molar-refractivity contribution in [2.24, 2.45) is 0 Å². The summed E-state index contributed by atoms with van der Waals surface area (Å²) in [6, 6.07) is 7.51. The Bertz CT molecular complexity index is 1390. The molecular weight excluding hydrogens is 390 g/mol. The van der Waals surface area contributed by atoms with Gasteiger partial charge in [0.25, 0.3) is 0 Å². The van der Waals surface area contributed by atoms with Crippen molar-refractivity contribution < 1.29 is 4.79 Å². The number of aromatic nitrogens is 5. The molecule has 8 nitrogen and oxygen atoms in total. The maximum absolute atomic E-state index is 11.4. The van der Waals surface area contributed by atoms with E-state index >= 15 is 0 Å². The molecule has 4 aromatic heterocycles. The van der Waals surface area contributed by atoms with Gasteiger partial charge in [0, 0.05) is 41.8 Å². The Balaban J connectivity index is 1.74. The zero-order valence-corrected chi connectivity index (χ0v) is 16.7. The lowest BCUT2D eigenvalue weighted by molar-refractivity contribution is -0.111. The quantitative estimate of drug-likeness (QED) is 0.414. The first-order chi connectivity index (χ1) is 15.1. The van der Waals surface area contributed by atoms with Crippen LogP contribution in [-0.4, -0.2) is 30.3 Å². The van der Waals surface area contributed by atoms with Crippen LogP contribution >= 0.6 is 0 Å². The number of pyridine rings is 2. The van der Waals surface area contributed by atoms with E-state index in [0.29, 0.717) is 28.0 Å². The van der Waals surface area contributed by atoms with Gasteiger partial charge in [-0.15, -0.1) is 0 Å². The molecule has 0 spiro atoms. The normalized spacial score (nSPS) is 10.2. The van der Waals surface area contributed by atoms with Crippen molar-refractivity contribution in [3.8, 4) is 29.0 Å². The first-order valence-electron chi connectivity index (χ1n) is 9.47. The molecule has 4 rings (SSSR count). The Morgan fingerprint density at radius 2 is 2.03 bits per heavy atom. The number of aryl methyl sites for hydroxylation is 1. The van der Waals surface area contributed by atoms with Gasteiger partial charge in [-0.25, -0.2) is 9.50 Å². The van der Waals surface area contributed by atoms with E-state index in [1.165, 1.54) is 12.3 Å². The number of nitriles is 1. The molecule has 0 aliphatic carbocycles. The van der Waals surface area contributed by atoms with Gasteiger partial charge in [0.1, 0.15) is 11.9 Å². The van der Waals surface area contributed by atoms with Gasteiger partial charge in [0.05, 0.1) is 29.0 Å². The second-order valence-corrected chi connectivity index (χ2v) is 6.57. The van der Waals surface area contributed by atoms with Gasteiger partial charge in [-0.2, -0.15) is 15.5 Å². The molecule has 0 aromatic carbocycles. The third-order valence-corrected chi connectivity index (χ3v) is 4.56. The van der Waals surface area contributed by atoms with Crippen molar-refractivity contribution in [2.75, 3.05) is 5.32 Å². The molecule has 4 aromatic rings. The molecular formula is C23H17N7O. The van der Waals surface area contributed by atoms with Crippen molar-refractivity contribution in [3.05, 3.63) is 78.5 Å².